The topological polar surface area (TPSA) is 132 Å². The number of ether oxygens (including phenoxy) is 1. The quantitative estimate of drug-likeness (QED) is 0.316. The lowest BCUT2D eigenvalue weighted by Gasteiger charge is -2.34. The van der Waals surface area contributed by atoms with Crippen molar-refractivity contribution in [3.63, 3.8) is 0 Å². The van der Waals surface area contributed by atoms with E-state index in [1.807, 2.05) is 0 Å². The van der Waals surface area contributed by atoms with Gasteiger partial charge in [-0.05, 0) is 6.07 Å². The fourth-order valence-corrected chi connectivity index (χ4v) is 4.72. The van der Waals surface area contributed by atoms with Crippen LogP contribution in [0.15, 0.2) is 22.5 Å². The largest absolute Gasteiger partial charge is 0.469 e. The number of hydrogen-bond acceptors (Lipinski definition) is 9. The number of piperazine rings is 1. The number of thiazole rings is 1. The first kappa shape index (κ1) is 20.0. The van der Waals surface area contributed by atoms with Crippen molar-refractivity contribution < 1.29 is 24.0 Å². The van der Waals surface area contributed by atoms with Crippen LogP contribution in [-0.2, 0) is 19.1 Å². The number of carbonyl (C=O) groups excluding carboxylic acids is 3. The Labute approximate surface area is 167 Å². The molecule has 0 bridgehead atoms. The van der Waals surface area contributed by atoms with Crippen LogP contribution in [0.4, 0.5) is 5.69 Å². The zero-order chi connectivity index (χ0) is 20.3. The Morgan fingerprint density at radius 2 is 2.29 bits per heavy atom. The van der Waals surface area contributed by atoms with Crippen molar-refractivity contribution in [1.29, 1.82) is 0 Å². The monoisotopic (exact) mass is 424 g/mol. The SMILES string of the molecule is COC(=O)C[C@H]1C(=O)NCCN1C(=O)CSc1nc2ccc([N+](=O)[O-])cc2s1. The van der Waals surface area contributed by atoms with Crippen LogP contribution in [0.25, 0.3) is 10.2 Å². The van der Waals surface area contributed by atoms with Crippen molar-refractivity contribution in [1.82, 2.24) is 15.2 Å². The number of fused-ring (bicyclic) bond motifs is 1. The molecule has 2 heterocycles. The van der Waals surface area contributed by atoms with Crippen LogP contribution in [0.1, 0.15) is 6.42 Å². The molecule has 3 rings (SSSR count). The highest BCUT2D eigenvalue weighted by atomic mass is 32.2. The molecule has 148 valence electrons. The third-order valence-corrected chi connectivity index (χ3v) is 6.27. The molecule has 0 radical (unpaired) electrons. The molecule has 0 unspecified atom stereocenters. The summed E-state index contributed by atoms with van der Waals surface area (Å²) in [4.78, 5) is 52.3. The molecule has 0 spiro atoms. The molecule has 0 saturated carbocycles. The van der Waals surface area contributed by atoms with Crippen molar-refractivity contribution in [2.75, 3.05) is 26.0 Å². The van der Waals surface area contributed by atoms with Crippen LogP contribution >= 0.6 is 23.1 Å². The first-order chi connectivity index (χ1) is 13.4. The summed E-state index contributed by atoms with van der Waals surface area (Å²) < 4.78 is 5.85. The van der Waals surface area contributed by atoms with E-state index >= 15 is 0 Å². The van der Waals surface area contributed by atoms with Gasteiger partial charge in [-0.3, -0.25) is 24.5 Å². The first-order valence-electron chi connectivity index (χ1n) is 8.21. The molecule has 0 aliphatic carbocycles. The van der Waals surface area contributed by atoms with Gasteiger partial charge in [0.1, 0.15) is 6.04 Å². The van der Waals surface area contributed by atoms with Crippen molar-refractivity contribution in [2.24, 2.45) is 0 Å². The molecular formula is C16H16N4O6S2. The molecule has 1 aliphatic heterocycles. The number of nitro benzene ring substituents is 1. The van der Waals surface area contributed by atoms with Gasteiger partial charge in [-0.1, -0.05) is 11.8 Å². The van der Waals surface area contributed by atoms with E-state index in [1.54, 1.807) is 6.07 Å². The van der Waals surface area contributed by atoms with Gasteiger partial charge in [0.05, 0.1) is 34.4 Å². The van der Waals surface area contributed by atoms with Gasteiger partial charge < -0.3 is 15.0 Å². The standard InChI is InChI=1S/C16H16N4O6S2/c1-26-14(22)7-11-15(23)17-4-5-19(11)13(21)8-27-16-18-10-3-2-9(20(24)25)6-12(10)28-16/h2-3,6,11H,4-5,7-8H2,1H3,(H,17,23)/t11-/m0/s1. The number of amides is 2. The minimum absolute atomic E-state index is 0.0197. The van der Waals surface area contributed by atoms with Crippen molar-refractivity contribution in [3.8, 4) is 0 Å². The molecular weight excluding hydrogens is 408 g/mol. The highest BCUT2D eigenvalue weighted by Gasteiger charge is 2.34. The fraction of sp³-hybridized carbons (Fsp3) is 0.375. The number of carbonyl (C=O) groups is 3. The molecule has 1 aliphatic rings. The number of nitrogens with zero attached hydrogens (tertiary/aromatic N) is 3. The van der Waals surface area contributed by atoms with E-state index < -0.39 is 16.9 Å². The smallest absolute Gasteiger partial charge is 0.308 e. The average molecular weight is 424 g/mol. The number of rotatable bonds is 6. The number of non-ortho nitro benzene ring substituents is 1. The molecule has 1 aromatic heterocycles. The zero-order valence-corrected chi connectivity index (χ0v) is 16.4. The number of nitrogens with one attached hydrogen (secondary N) is 1. The number of esters is 1. The molecule has 1 saturated heterocycles. The van der Waals surface area contributed by atoms with Gasteiger partial charge in [0.25, 0.3) is 5.69 Å². The van der Waals surface area contributed by atoms with Gasteiger partial charge in [-0.2, -0.15) is 0 Å². The second-order valence-corrected chi connectivity index (χ2v) is 8.10. The molecule has 28 heavy (non-hydrogen) atoms. The molecule has 1 aromatic carbocycles. The molecule has 12 heteroatoms. The van der Waals surface area contributed by atoms with E-state index in [4.69, 9.17) is 0 Å². The number of thioether (sulfide) groups is 1. The predicted molar refractivity (Wildman–Crippen MR) is 102 cm³/mol. The van der Waals surface area contributed by atoms with E-state index in [9.17, 15) is 24.5 Å². The molecule has 2 amide bonds. The number of aromatic nitrogens is 1. The molecule has 1 atom stereocenters. The second kappa shape index (κ2) is 8.52. The van der Waals surface area contributed by atoms with E-state index in [-0.39, 0.29) is 29.7 Å². The maximum Gasteiger partial charge on any atom is 0.308 e. The average Bonchev–Trinajstić information content (AvgIpc) is 3.09. The Morgan fingerprint density at radius 3 is 3.00 bits per heavy atom. The number of methoxy groups -OCH3 is 1. The summed E-state index contributed by atoms with van der Waals surface area (Å²) in [5.41, 5.74) is 0.597. The summed E-state index contributed by atoms with van der Waals surface area (Å²) >= 11 is 2.44. The van der Waals surface area contributed by atoms with Gasteiger partial charge in [-0.15, -0.1) is 11.3 Å². The highest BCUT2D eigenvalue weighted by molar-refractivity contribution is 8.01. The third kappa shape index (κ3) is 4.39. The number of benzene rings is 1. The van der Waals surface area contributed by atoms with Crippen LogP contribution in [-0.4, -0.2) is 64.6 Å². The zero-order valence-electron chi connectivity index (χ0n) is 14.7. The van der Waals surface area contributed by atoms with Gasteiger partial charge in [-0.25, -0.2) is 4.98 Å². The van der Waals surface area contributed by atoms with Gasteiger partial charge in [0.2, 0.25) is 11.8 Å². The van der Waals surface area contributed by atoms with Crippen molar-refractivity contribution >= 4 is 56.8 Å². The van der Waals surface area contributed by atoms with Crippen LogP contribution in [0, 0.1) is 10.1 Å². The van der Waals surface area contributed by atoms with E-state index in [0.29, 0.717) is 27.6 Å². The second-order valence-electron chi connectivity index (χ2n) is 5.85. The van der Waals surface area contributed by atoms with E-state index in [1.165, 1.54) is 47.2 Å². The van der Waals surface area contributed by atoms with Crippen molar-refractivity contribution in [3.05, 3.63) is 28.3 Å². The highest BCUT2D eigenvalue weighted by Crippen LogP contribution is 2.32. The predicted octanol–water partition coefficient (Wildman–Crippen LogP) is 1.19. The summed E-state index contributed by atoms with van der Waals surface area (Å²) in [5, 5.41) is 13.5. The lowest BCUT2D eigenvalue weighted by atomic mass is 10.1. The summed E-state index contributed by atoms with van der Waals surface area (Å²) in [7, 11) is 1.22. The normalized spacial score (nSPS) is 16.7. The third-order valence-electron chi connectivity index (χ3n) is 4.12. The molecule has 10 nitrogen and oxygen atoms in total. The van der Waals surface area contributed by atoms with Gasteiger partial charge in [0, 0.05) is 25.2 Å². The number of hydrogen-bond donors (Lipinski definition) is 1. The Kier molecular flexibility index (Phi) is 6.09. The summed E-state index contributed by atoms with van der Waals surface area (Å²) in [6.45, 7) is 0.622. The summed E-state index contributed by atoms with van der Waals surface area (Å²) in [6.07, 6.45) is -0.205. The lowest BCUT2D eigenvalue weighted by molar-refractivity contribution is -0.384. The Bertz CT molecular complexity index is 946. The Balaban J connectivity index is 1.68. The summed E-state index contributed by atoms with van der Waals surface area (Å²) in [6, 6.07) is 3.50. The molecule has 1 fully saturated rings. The van der Waals surface area contributed by atoms with E-state index in [0.717, 1.165) is 0 Å². The van der Waals surface area contributed by atoms with Gasteiger partial charge in [0.15, 0.2) is 4.34 Å². The molecule has 1 N–H and O–H groups in total. The van der Waals surface area contributed by atoms with Crippen LogP contribution in [0.3, 0.4) is 0 Å². The van der Waals surface area contributed by atoms with Gasteiger partial charge >= 0.3 is 5.97 Å². The van der Waals surface area contributed by atoms with Crippen LogP contribution < -0.4 is 5.32 Å². The first-order valence-corrected chi connectivity index (χ1v) is 10.0. The van der Waals surface area contributed by atoms with E-state index in [2.05, 4.69) is 15.0 Å². The van der Waals surface area contributed by atoms with Crippen LogP contribution in [0.5, 0.6) is 0 Å². The fourth-order valence-electron chi connectivity index (χ4n) is 2.73. The Hall–Kier alpha value is -2.73. The minimum Gasteiger partial charge on any atom is -0.469 e. The molecule has 2 aromatic rings. The number of nitro groups is 1. The summed E-state index contributed by atoms with van der Waals surface area (Å²) in [5.74, 6) is -1.21. The van der Waals surface area contributed by atoms with Crippen LogP contribution in [0.2, 0.25) is 0 Å². The maximum atomic E-state index is 12.6. The van der Waals surface area contributed by atoms with Crippen molar-refractivity contribution in [2.45, 2.75) is 16.8 Å². The lowest BCUT2D eigenvalue weighted by Crippen LogP contribution is -2.58. The minimum atomic E-state index is -0.896. The Morgan fingerprint density at radius 1 is 1.50 bits per heavy atom. The maximum absolute atomic E-state index is 12.6.